The van der Waals surface area contributed by atoms with Gasteiger partial charge in [0.25, 0.3) is 11.8 Å². The van der Waals surface area contributed by atoms with E-state index >= 15 is 0 Å². The van der Waals surface area contributed by atoms with Crippen LogP contribution in [0.15, 0.2) is 48.5 Å². The molecule has 4 N–H and O–H groups in total. The summed E-state index contributed by atoms with van der Waals surface area (Å²) in [6.45, 7) is 1.66. The highest BCUT2D eigenvalue weighted by molar-refractivity contribution is 6.09. The highest BCUT2D eigenvalue weighted by Crippen LogP contribution is 2.37. The van der Waals surface area contributed by atoms with E-state index in [0.29, 0.717) is 11.3 Å². The van der Waals surface area contributed by atoms with Crippen molar-refractivity contribution in [2.75, 3.05) is 5.32 Å². The molecule has 0 aromatic heterocycles. The molecule has 2 aromatic rings. The van der Waals surface area contributed by atoms with E-state index in [1.54, 1.807) is 31.2 Å². The summed E-state index contributed by atoms with van der Waals surface area (Å²) in [6, 6.07) is 13.1. The van der Waals surface area contributed by atoms with Gasteiger partial charge in [0.1, 0.15) is 6.04 Å². The number of carboxylic acid groups (broad SMARTS) is 1. The van der Waals surface area contributed by atoms with Crippen LogP contribution in [0.25, 0.3) is 11.1 Å². The van der Waals surface area contributed by atoms with Crippen LogP contribution in [-0.4, -0.2) is 33.6 Å². The molecule has 7 heteroatoms. The first kappa shape index (κ1) is 18.6. The third-order valence-electron chi connectivity index (χ3n) is 4.63. The predicted molar refractivity (Wildman–Crippen MR) is 98.9 cm³/mol. The van der Waals surface area contributed by atoms with Crippen LogP contribution in [0.5, 0.6) is 0 Å². The first-order chi connectivity index (χ1) is 12.9. The molecule has 27 heavy (non-hydrogen) atoms. The summed E-state index contributed by atoms with van der Waals surface area (Å²) in [5.74, 6) is -3.27. The number of carboxylic acids is 1. The normalized spacial score (nSPS) is 17.6. The molecule has 0 saturated carbocycles. The van der Waals surface area contributed by atoms with Gasteiger partial charge in [0, 0.05) is 11.3 Å². The summed E-state index contributed by atoms with van der Waals surface area (Å²) < 4.78 is 0. The highest BCUT2D eigenvalue weighted by atomic mass is 16.4. The van der Waals surface area contributed by atoms with Gasteiger partial charge in [-0.15, -0.1) is 0 Å². The van der Waals surface area contributed by atoms with Crippen molar-refractivity contribution in [2.45, 2.75) is 31.4 Å². The first-order valence-corrected chi connectivity index (χ1v) is 8.64. The molecule has 0 bridgehead atoms. The van der Waals surface area contributed by atoms with Gasteiger partial charge in [0.15, 0.2) is 0 Å². The van der Waals surface area contributed by atoms with E-state index in [4.69, 9.17) is 0 Å². The lowest BCUT2D eigenvalue weighted by molar-refractivity contribution is -0.167. The highest BCUT2D eigenvalue weighted by Gasteiger charge is 2.45. The quantitative estimate of drug-likeness (QED) is 0.603. The Kier molecular flexibility index (Phi) is 4.96. The van der Waals surface area contributed by atoms with E-state index in [0.717, 1.165) is 11.1 Å². The molecule has 0 fully saturated rings. The number of hydrogen-bond acceptors (Lipinski definition) is 4. The van der Waals surface area contributed by atoms with Gasteiger partial charge in [0.2, 0.25) is 5.60 Å². The topological polar surface area (TPSA) is 116 Å². The lowest BCUT2D eigenvalue weighted by Gasteiger charge is -2.25. The van der Waals surface area contributed by atoms with E-state index in [1.165, 1.54) is 0 Å². The van der Waals surface area contributed by atoms with Crippen LogP contribution in [0.2, 0.25) is 0 Å². The third kappa shape index (κ3) is 3.29. The molecule has 2 atom stereocenters. The average Bonchev–Trinajstić information content (AvgIpc) is 2.77. The number of hydrogen-bond donors (Lipinski definition) is 4. The molecular formula is C20H20N2O5. The van der Waals surface area contributed by atoms with Crippen molar-refractivity contribution in [1.29, 1.82) is 0 Å². The van der Waals surface area contributed by atoms with Crippen molar-refractivity contribution >= 4 is 23.5 Å². The second-order valence-electron chi connectivity index (χ2n) is 6.44. The summed E-state index contributed by atoms with van der Waals surface area (Å²) in [5, 5.41) is 24.8. The summed E-state index contributed by atoms with van der Waals surface area (Å²) in [7, 11) is 0. The maximum atomic E-state index is 12.8. The number of amides is 2. The van der Waals surface area contributed by atoms with Crippen LogP contribution >= 0.6 is 0 Å². The van der Waals surface area contributed by atoms with Gasteiger partial charge in [-0.2, -0.15) is 0 Å². The molecule has 2 amide bonds. The second-order valence-corrected chi connectivity index (χ2v) is 6.44. The minimum absolute atomic E-state index is 0.260. The fourth-order valence-corrected chi connectivity index (χ4v) is 3.24. The summed E-state index contributed by atoms with van der Waals surface area (Å²) >= 11 is 0. The Morgan fingerprint density at radius 3 is 2.41 bits per heavy atom. The Bertz CT molecular complexity index is 911. The smallest absolute Gasteiger partial charge is 0.345 e. The molecule has 0 unspecified atom stereocenters. The largest absolute Gasteiger partial charge is 0.479 e. The van der Waals surface area contributed by atoms with E-state index in [1.807, 2.05) is 24.3 Å². The number of carbonyl (C=O) groups excluding carboxylic acids is 2. The van der Waals surface area contributed by atoms with Crippen LogP contribution in [-0.2, 0) is 14.4 Å². The van der Waals surface area contributed by atoms with Crippen molar-refractivity contribution in [3.8, 4) is 11.1 Å². The van der Waals surface area contributed by atoms with Gasteiger partial charge in [-0.1, -0.05) is 55.8 Å². The van der Waals surface area contributed by atoms with Crippen LogP contribution < -0.4 is 10.6 Å². The monoisotopic (exact) mass is 368 g/mol. The lowest BCUT2D eigenvalue weighted by Crippen LogP contribution is -2.54. The van der Waals surface area contributed by atoms with Gasteiger partial charge < -0.3 is 20.8 Å². The maximum Gasteiger partial charge on any atom is 0.345 e. The number of benzene rings is 2. The van der Waals surface area contributed by atoms with E-state index < -0.39 is 29.4 Å². The van der Waals surface area contributed by atoms with Crippen LogP contribution in [0.1, 0.15) is 31.4 Å². The number of para-hydroxylation sites is 1. The van der Waals surface area contributed by atoms with Crippen molar-refractivity contribution in [1.82, 2.24) is 5.32 Å². The number of fused-ring (bicyclic) bond motifs is 3. The van der Waals surface area contributed by atoms with Crippen LogP contribution in [0.4, 0.5) is 5.69 Å². The number of aliphatic hydroxyl groups is 1. The number of carbonyl (C=O) groups is 3. The molecule has 0 spiro atoms. The van der Waals surface area contributed by atoms with Crippen molar-refractivity contribution in [3.63, 3.8) is 0 Å². The lowest BCUT2D eigenvalue weighted by atomic mass is 9.93. The Morgan fingerprint density at radius 2 is 1.74 bits per heavy atom. The molecule has 140 valence electrons. The van der Waals surface area contributed by atoms with Crippen molar-refractivity contribution < 1.29 is 24.6 Å². The van der Waals surface area contributed by atoms with E-state index in [9.17, 15) is 24.6 Å². The van der Waals surface area contributed by atoms with Crippen LogP contribution in [0, 0.1) is 0 Å². The van der Waals surface area contributed by atoms with Gasteiger partial charge in [-0.25, -0.2) is 4.79 Å². The number of anilines is 1. The van der Waals surface area contributed by atoms with Crippen molar-refractivity contribution in [3.05, 3.63) is 54.1 Å². The first-order valence-electron chi connectivity index (χ1n) is 8.64. The maximum absolute atomic E-state index is 12.8. The molecule has 7 nitrogen and oxygen atoms in total. The molecule has 0 radical (unpaired) electrons. The average molecular weight is 368 g/mol. The summed E-state index contributed by atoms with van der Waals surface area (Å²) in [5.41, 5.74) is 0.0565. The Hall–Kier alpha value is -3.19. The van der Waals surface area contributed by atoms with Gasteiger partial charge >= 0.3 is 5.97 Å². The third-order valence-corrected chi connectivity index (χ3v) is 4.63. The molecular weight excluding hydrogens is 348 g/mol. The zero-order chi connectivity index (χ0) is 19.6. The molecule has 0 saturated heterocycles. The van der Waals surface area contributed by atoms with Gasteiger partial charge in [-0.05, 0) is 23.6 Å². The zero-order valence-electron chi connectivity index (χ0n) is 14.7. The Balaban J connectivity index is 2.03. The zero-order valence-corrected chi connectivity index (χ0v) is 14.7. The van der Waals surface area contributed by atoms with E-state index in [2.05, 4.69) is 10.6 Å². The molecule has 2 aromatic carbocycles. The minimum Gasteiger partial charge on any atom is -0.479 e. The SMILES string of the molecule is CCC[C@](O)(C(=O)O)C(=O)N[C@@H]1C(=O)Nc2ccccc2-c2ccccc21. The molecule has 3 rings (SSSR count). The fraction of sp³-hybridized carbons (Fsp3) is 0.250. The Labute approximate surface area is 156 Å². The predicted octanol–water partition coefficient (Wildman–Crippen LogP) is 2.08. The van der Waals surface area contributed by atoms with E-state index in [-0.39, 0.29) is 12.8 Å². The fourth-order valence-electron chi connectivity index (χ4n) is 3.24. The summed E-state index contributed by atoms with van der Waals surface area (Å²) in [6.07, 6.45) is 0.0273. The van der Waals surface area contributed by atoms with Gasteiger partial charge in [0.05, 0.1) is 0 Å². The number of aliphatic carboxylic acids is 1. The van der Waals surface area contributed by atoms with Crippen molar-refractivity contribution in [2.24, 2.45) is 0 Å². The molecule has 1 aliphatic rings. The number of nitrogens with one attached hydrogen (secondary N) is 2. The minimum atomic E-state index is -2.59. The molecule has 1 aliphatic heterocycles. The standard InChI is InChI=1S/C20H20N2O5/c1-2-11-20(27,19(25)26)18(24)22-16-14-9-4-3-7-12(14)13-8-5-6-10-15(13)21-17(16)23/h3-10,16,27H,2,11H2,1H3,(H,21,23)(H,22,24)(H,25,26)/t16-,20+/m0/s1. The Morgan fingerprint density at radius 1 is 1.11 bits per heavy atom. The molecule has 0 aliphatic carbocycles. The summed E-state index contributed by atoms with van der Waals surface area (Å²) in [4.78, 5) is 36.8. The second kappa shape index (κ2) is 7.20. The van der Waals surface area contributed by atoms with Gasteiger partial charge in [-0.3, -0.25) is 9.59 Å². The molecule has 1 heterocycles. The number of rotatable bonds is 5. The van der Waals surface area contributed by atoms with Crippen LogP contribution in [0.3, 0.4) is 0 Å².